The molecule has 11 heteroatoms. The number of carbonyl (C=O) groups is 3. The third-order valence-electron chi connectivity index (χ3n) is 5.43. The highest BCUT2D eigenvalue weighted by Crippen LogP contribution is 2.30. The molecule has 186 valence electrons. The second kappa shape index (κ2) is 10.9. The Morgan fingerprint density at radius 2 is 1.94 bits per heavy atom. The van der Waals surface area contributed by atoms with Crippen molar-refractivity contribution in [2.45, 2.75) is 25.6 Å². The molecule has 2 aromatic rings. The van der Waals surface area contributed by atoms with Gasteiger partial charge in [-0.15, -0.1) is 0 Å². The fourth-order valence-corrected chi connectivity index (χ4v) is 3.89. The van der Waals surface area contributed by atoms with Gasteiger partial charge in [-0.2, -0.15) is 13.2 Å². The molecule has 35 heavy (non-hydrogen) atoms. The molecule has 3 rings (SSSR count). The zero-order valence-electron chi connectivity index (χ0n) is 18.5. The minimum atomic E-state index is -4.68. The van der Waals surface area contributed by atoms with E-state index in [4.69, 9.17) is 11.6 Å². The molecular formula is C24H21ClF4N2O4. The number of carbonyl (C=O) groups excluding carboxylic acids is 3. The number of nitrogens with one attached hydrogen (secondary N) is 1. The van der Waals surface area contributed by atoms with Crippen LogP contribution in [0.15, 0.2) is 36.4 Å². The zero-order valence-corrected chi connectivity index (χ0v) is 19.3. The summed E-state index contributed by atoms with van der Waals surface area (Å²) >= 11 is 6.36. The van der Waals surface area contributed by atoms with E-state index in [1.54, 1.807) is 6.07 Å². The van der Waals surface area contributed by atoms with Crippen LogP contribution >= 0.6 is 11.6 Å². The van der Waals surface area contributed by atoms with Crippen LogP contribution < -0.4 is 5.32 Å². The van der Waals surface area contributed by atoms with E-state index < -0.39 is 23.5 Å². The second-order valence-corrected chi connectivity index (χ2v) is 8.23. The lowest BCUT2D eigenvalue weighted by molar-refractivity contribution is -0.140. The Bertz CT molecular complexity index is 1180. The molecule has 0 fully saturated rings. The molecule has 1 aliphatic heterocycles. The van der Waals surface area contributed by atoms with Gasteiger partial charge in [0.1, 0.15) is 5.82 Å². The summed E-state index contributed by atoms with van der Waals surface area (Å²) in [6.07, 6.45) is -2.12. The molecule has 0 spiro atoms. The number of ether oxygens (including phenoxy) is 1. The predicted molar refractivity (Wildman–Crippen MR) is 120 cm³/mol. The van der Waals surface area contributed by atoms with E-state index in [1.165, 1.54) is 12.0 Å². The van der Waals surface area contributed by atoms with Gasteiger partial charge in [0.25, 0.3) is 0 Å². The van der Waals surface area contributed by atoms with Gasteiger partial charge in [0, 0.05) is 29.8 Å². The van der Waals surface area contributed by atoms with Crippen molar-refractivity contribution in [2.75, 3.05) is 20.2 Å². The maximum Gasteiger partial charge on any atom is 0.416 e. The number of alkyl halides is 3. The Kier molecular flexibility index (Phi) is 8.16. The van der Waals surface area contributed by atoms with Gasteiger partial charge in [-0.1, -0.05) is 23.7 Å². The van der Waals surface area contributed by atoms with Crippen molar-refractivity contribution in [1.29, 1.82) is 0 Å². The molecule has 2 aromatic carbocycles. The van der Waals surface area contributed by atoms with Crippen LogP contribution in [0, 0.1) is 5.82 Å². The fourth-order valence-electron chi connectivity index (χ4n) is 3.57. The fraction of sp³-hybridized carbons (Fsp3) is 0.292. The van der Waals surface area contributed by atoms with Crippen LogP contribution in [0.4, 0.5) is 17.6 Å². The molecule has 0 radical (unpaired) electrons. The molecule has 2 amide bonds. The van der Waals surface area contributed by atoms with Crippen molar-refractivity contribution in [1.82, 2.24) is 10.2 Å². The normalized spacial score (nSPS) is 13.5. The van der Waals surface area contributed by atoms with Crippen LogP contribution in [0.25, 0.3) is 6.08 Å². The molecular weight excluding hydrogens is 492 g/mol. The number of fused-ring (bicyclic) bond motifs is 1. The maximum absolute atomic E-state index is 13.9. The highest BCUT2D eigenvalue weighted by molar-refractivity contribution is 6.31. The number of hydrogen-bond donors (Lipinski definition) is 1. The van der Waals surface area contributed by atoms with Gasteiger partial charge in [-0.25, -0.2) is 4.39 Å². The van der Waals surface area contributed by atoms with Crippen LogP contribution in [0.5, 0.6) is 0 Å². The Morgan fingerprint density at radius 1 is 1.20 bits per heavy atom. The average Bonchev–Trinajstić information content (AvgIpc) is 2.80. The van der Waals surface area contributed by atoms with Gasteiger partial charge in [0.15, 0.2) is 0 Å². The van der Waals surface area contributed by atoms with Crippen molar-refractivity contribution in [2.24, 2.45) is 0 Å². The number of hydrogen-bond acceptors (Lipinski definition) is 4. The Morgan fingerprint density at radius 3 is 2.60 bits per heavy atom. The molecule has 0 atom stereocenters. The summed E-state index contributed by atoms with van der Waals surface area (Å²) < 4.78 is 56.4. The van der Waals surface area contributed by atoms with Crippen LogP contribution in [-0.4, -0.2) is 42.9 Å². The summed E-state index contributed by atoms with van der Waals surface area (Å²) in [7, 11) is 1.30. The summed E-state index contributed by atoms with van der Waals surface area (Å²) in [6.45, 7) is 0.284. The Hall–Kier alpha value is -3.40. The van der Waals surface area contributed by atoms with Gasteiger partial charge < -0.3 is 15.0 Å². The largest absolute Gasteiger partial charge is 0.469 e. The molecule has 0 saturated heterocycles. The molecule has 0 saturated carbocycles. The van der Waals surface area contributed by atoms with Gasteiger partial charge in [0.2, 0.25) is 11.8 Å². The number of nitrogens with zero attached hydrogens (tertiary/aromatic N) is 1. The lowest BCUT2D eigenvalue weighted by Crippen LogP contribution is -2.42. The highest BCUT2D eigenvalue weighted by atomic mass is 35.5. The summed E-state index contributed by atoms with van der Waals surface area (Å²) in [5.74, 6) is -2.59. The van der Waals surface area contributed by atoms with Crippen LogP contribution in [0.1, 0.15) is 27.8 Å². The monoisotopic (exact) mass is 512 g/mol. The third-order valence-corrected chi connectivity index (χ3v) is 5.77. The molecule has 0 unspecified atom stereocenters. The average molecular weight is 513 g/mol. The maximum atomic E-state index is 13.9. The lowest BCUT2D eigenvalue weighted by atomic mass is 9.96. The topological polar surface area (TPSA) is 75.7 Å². The van der Waals surface area contributed by atoms with Gasteiger partial charge in [-0.05, 0) is 47.4 Å². The van der Waals surface area contributed by atoms with Crippen molar-refractivity contribution in [3.8, 4) is 0 Å². The number of benzene rings is 2. The molecule has 0 aromatic heterocycles. The second-order valence-electron chi connectivity index (χ2n) is 7.82. The number of esters is 1. The summed E-state index contributed by atoms with van der Waals surface area (Å²) in [5.41, 5.74) is 1.05. The van der Waals surface area contributed by atoms with Crippen molar-refractivity contribution < 1.29 is 36.7 Å². The van der Waals surface area contributed by atoms with E-state index in [0.29, 0.717) is 35.7 Å². The van der Waals surface area contributed by atoms with Crippen LogP contribution in [0.3, 0.4) is 0 Å². The van der Waals surface area contributed by atoms with Gasteiger partial charge in [0.05, 0.1) is 25.6 Å². The minimum absolute atomic E-state index is 0.0854. The molecule has 0 bridgehead atoms. The zero-order chi connectivity index (χ0) is 25.8. The highest BCUT2D eigenvalue weighted by Gasteiger charge is 2.31. The molecule has 1 N–H and O–H groups in total. The van der Waals surface area contributed by atoms with E-state index in [2.05, 4.69) is 10.1 Å². The summed E-state index contributed by atoms with van der Waals surface area (Å²) in [4.78, 5) is 37.6. The minimum Gasteiger partial charge on any atom is -0.469 e. The van der Waals surface area contributed by atoms with Crippen LogP contribution in [0.2, 0.25) is 5.02 Å². The van der Waals surface area contributed by atoms with E-state index in [0.717, 1.165) is 29.3 Å². The quantitative estimate of drug-likeness (QED) is 0.361. The number of amides is 2. The first-order valence-corrected chi connectivity index (χ1v) is 10.8. The van der Waals surface area contributed by atoms with E-state index in [9.17, 15) is 31.9 Å². The van der Waals surface area contributed by atoms with Crippen molar-refractivity contribution in [3.05, 3.63) is 75.1 Å². The van der Waals surface area contributed by atoms with E-state index >= 15 is 0 Å². The molecule has 1 heterocycles. The first kappa shape index (κ1) is 26.2. The first-order chi connectivity index (χ1) is 16.5. The first-order valence-electron chi connectivity index (χ1n) is 10.5. The van der Waals surface area contributed by atoms with Gasteiger partial charge in [-0.3, -0.25) is 14.4 Å². The van der Waals surface area contributed by atoms with Gasteiger partial charge >= 0.3 is 12.1 Å². The summed E-state index contributed by atoms with van der Waals surface area (Å²) in [6, 6.07) is 5.48. The lowest BCUT2D eigenvalue weighted by Gasteiger charge is -2.30. The predicted octanol–water partition coefficient (Wildman–Crippen LogP) is 3.93. The van der Waals surface area contributed by atoms with Crippen molar-refractivity contribution >= 4 is 35.5 Å². The van der Waals surface area contributed by atoms with Crippen LogP contribution in [-0.2, 0) is 44.7 Å². The third kappa shape index (κ3) is 6.82. The van der Waals surface area contributed by atoms with Crippen molar-refractivity contribution in [3.63, 3.8) is 0 Å². The molecule has 0 aliphatic carbocycles. The molecule has 1 aliphatic rings. The smallest absolute Gasteiger partial charge is 0.416 e. The number of methoxy groups -OCH3 is 1. The summed E-state index contributed by atoms with van der Waals surface area (Å²) in [5, 5.41) is 2.80. The standard InChI is InChI=1S/C24H21ClF4N2O4/c1-35-23(34)10-14-8-16-6-7-31(13-18(16)19(25)9-14)22(33)12-30-21(32)5-3-15-2-4-17(11-20(15)26)24(27,28)29/h2-5,8-9,11H,6-7,10,12-13H2,1H3,(H,30,32)/b5-3+. The Balaban J connectivity index is 1.56. The van der Waals surface area contributed by atoms with E-state index in [1.807, 2.05) is 6.07 Å². The van der Waals surface area contributed by atoms with E-state index in [-0.39, 0.29) is 37.0 Å². The SMILES string of the molecule is COC(=O)Cc1cc(Cl)c2c(c1)CCN(C(=O)CNC(=O)/C=C/c1ccc(C(F)(F)F)cc1F)C2. The number of halogens is 5. The number of rotatable bonds is 6. The Labute approximate surface area is 203 Å². The molecule has 6 nitrogen and oxygen atoms in total.